The van der Waals surface area contributed by atoms with Gasteiger partial charge in [-0.1, -0.05) is 11.8 Å². The van der Waals surface area contributed by atoms with Gasteiger partial charge in [-0.3, -0.25) is 0 Å². The molecule has 2 N–H and O–H groups in total. The van der Waals surface area contributed by atoms with Crippen molar-refractivity contribution in [3.63, 3.8) is 0 Å². The van der Waals surface area contributed by atoms with E-state index in [0.29, 0.717) is 14.4 Å². The number of rotatable bonds is 4. The predicted molar refractivity (Wildman–Crippen MR) is 73.5 cm³/mol. The van der Waals surface area contributed by atoms with Crippen molar-refractivity contribution in [3.8, 4) is 5.75 Å². The highest BCUT2D eigenvalue weighted by Crippen LogP contribution is 2.38. The van der Waals surface area contributed by atoms with Crippen LogP contribution >= 0.6 is 27.7 Å². The molecule has 0 atom stereocenters. The summed E-state index contributed by atoms with van der Waals surface area (Å²) >= 11 is 4.42. The van der Waals surface area contributed by atoms with Crippen molar-refractivity contribution < 1.29 is 17.9 Å². The van der Waals surface area contributed by atoms with Crippen molar-refractivity contribution in [3.05, 3.63) is 40.8 Å². The zero-order valence-corrected chi connectivity index (χ0v) is 12.2. The molecule has 0 unspecified atom stereocenters. The van der Waals surface area contributed by atoms with E-state index in [1.165, 1.54) is 0 Å². The minimum atomic E-state index is -3.10. The zero-order chi connectivity index (χ0) is 14.7. The summed E-state index contributed by atoms with van der Waals surface area (Å²) < 4.78 is 42.6. The SMILES string of the molecule is Nc1cc(F)c(OC(F)F)cc1Sc1ncccc1Br. The molecular weight excluding hydrogens is 357 g/mol. The van der Waals surface area contributed by atoms with Crippen LogP contribution in [-0.2, 0) is 0 Å². The van der Waals surface area contributed by atoms with E-state index in [9.17, 15) is 13.2 Å². The molecule has 0 spiro atoms. The molecule has 1 heterocycles. The number of nitrogens with two attached hydrogens (primary N) is 1. The van der Waals surface area contributed by atoms with Crippen LogP contribution in [0.3, 0.4) is 0 Å². The molecule has 1 aromatic heterocycles. The first kappa shape index (κ1) is 15.0. The fraction of sp³-hybridized carbons (Fsp3) is 0.0833. The summed E-state index contributed by atoms with van der Waals surface area (Å²) in [6.45, 7) is -3.10. The van der Waals surface area contributed by atoms with Crippen LogP contribution in [0.2, 0.25) is 0 Å². The highest BCUT2D eigenvalue weighted by atomic mass is 79.9. The lowest BCUT2D eigenvalue weighted by Crippen LogP contribution is -2.04. The first-order chi connectivity index (χ1) is 9.47. The lowest BCUT2D eigenvalue weighted by atomic mass is 10.3. The van der Waals surface area contributed by atoms with Crippen LogP contribution in [0.1, 0.15) is 0 Å². The van der Waals surface area contributed by atoms with Crippen LogP contribution in [0.15, 0.2) is 44.9 Å². The van der Waals surface area contributed by atoms with E-state index >= 15 is 0 Å². The van der Waals surface area contributed by atoms with Gasteiger partial charge in [0.25, 0.3) is 0 Å². The number of aromatic nitrogens is 1. The third-order valence-corrected chi connectivity index (χ3v) is 4.21. The fourth-order valence-electron chi connectivity index (χ4n) is 1.38. The molecule has 2 rings (SSSR count). The van der Waals surface area contributed by atoms with Gasteiger partial charge in [0.2, 0.25) is 0 Å². The first-order valence-corrected chi connectivity index (χ1v) is 6.90. The van der Waals surface area contributed by atoms with Gasteiger partial charge in [0.05, 0.1) is 4.47 Å². The number of pyridine rings is 1. The van der Waals surface area contributed by atoms with E-state index in [4.69, 9.17) is 5.73 Å². The van der Waals surface area contributed by atoms with Gasteiger partial charge in [0.1, 0.15) is 5.03 Å². The van der Waals surface area contributed by atoms with E-state index in [-0.39, 0.29) is 5.69 Å². The van der Waals surface area contributed by atoms with Gasteiger partial charge in [-0.25, -0.2) is 9.37 Å². The Balaban J connectivity index is 2.34. The third-order valence-electron chi connectivity index (χ3n) is 2.21. The second-order valence-electron chi connectivity index (χ2n) is 3.59. The molecule has 0 saturated carbocycles. The predicted octanol–water partition coefficient (Wildman–Crippen LogP) is 4.32. The van der Waals surface area contributed by atoms with Crippen molar-refractivity contribution in [2.75, 3.05) is 5.73 Å². The van der Waals surface area contributed by atoms with Gasteiger partial charge < -0.3 is 10.5 Å². The van der Waals surface area contributed by atoms with Crippen molar-refractivity contribution in [2.45, 2.75) is 16.5 Å². The van der Waals surface area contributed by atoms with Crippen LogP contribution in [0.4, 0.5) is 18.9 Å². The van der Waals surface area contributed by atoms with Gasteiger partial charge in [0.15, 0.2) is 11.6 Å². The normalized spacial score (nSPS) is 10.8. The molecule has 3 nitrogen and oxygen atoms in total. The lowest BCUT2D eigenvalue weighted by molar-refractivity contribution is -0.0523. The van der Waals surface area contributed by atoms with E-state index in [1.807, 2.05) is 0 Å². The molecule has 1 aromatic carbocycles. The Hall–Kier alpha value is -1.41. The Morgan fingerprint density at radius 1 is 1.35 bits per heavy atom. The summed E-state index contributed by atoms with van der Waals surface area (Å²) in [5.41, 5.74) is 5.79. The summed E-state index contributed by atoms with van der Waals surface area (Å²) in [6, 6.07) is 5.57. The molecule has 0 amide bonds. The maximum absolute atomic E-state index is 13.4. The number of hydrogen-bond acceptors (Lipinski definition) is 4. The molecule has 0 aliphatic rings. The van der Waals surface area contributed by atoms with Crippen molar-refractivity contribution in [1.29, 1.82) is 0 Å². The topological polar surface area (TPSA) is 48.1 Å². The Morgan fingerprint density at radius 2 is 2.10 bits per heavy atom. The average molecular weight is 365 g/mol. The molecule has 0 bridgehead atoms. The molecular formula is C12H8BrF3N2OS. The van der Waals surface area contributed by atoms with Crippen molar-refractivity contribution in [2.24, 2.45) is 0 Å². The van der Waals surface area contributed by atoms with Gasteiger partial charge in [-0.15, -0.1) is 0 Å². The summed E-state index contributed by atoms with van der Waals surface area (Å²) in [6.07, 6.45) is 1.57. The Bertz CT molecular complexity index is 628. The largest absolute Gasteiger partial charge is 0.432 e. The average Bonchev–Trinajstić information content (AvgIpc) is 2.37. The molecule has 0 aliphatic heterocycles. The van der Waals surface area contributed by atoms with Crippen LogP contribution in [0.25, 0.3) is 0 Å². The second-order valence-corrected chi connectivity index (χ2v) is 5.48. The second kappa shape index (κ2) is 6.36. The van der Waals surface area contributed by atoms with Crippen LogP contribution in [0, 0.1) is 5.82 Å². The van der Waals surface area contributed by atoms with Crippen molar-refractivity contribution in [1.82, 2.24) is 4.98 Å². The Kier molecular flexibility index (Phi) is 4.77. The Morgan fingerprint density at radius 3 is 2.75 bits per heavy atom. The number of benzene rings is 1. The maximum atomic E-state index is 13.4. The van der Waals surface area contributed by atoms with Crippen LogP contribution in [0.5, 0.6) is 5.75 Å². The molecule has 0 fully saturated rings. The molecule has 0 aliphatic carbocycles. The third kappa shape index (κ3) is 3.57. The highest BCUT2D eigenvalue weighted by molar-refractivity contribution is 9.10. The van der Waals surface area contributed by atoms with Gasteiger partial charge in [0, 0.05) is 22.8 Å². The summed E-state index contributed by atoms with van der Waals surface area (Å²) in [4.78, 5) is 4.48. The molecule has 8 heteroatoms. The quantitative estimate of drug-likeness (QED) is 0.820. The number of halogens is 4. The summed E-state index contributed by atoms with van der Waals surface area (Å²) in [5, 5.41) is 0.578. The monoisotopic (exact) mass is 364 g/mol. The first-order valence-electron chi connectivity index (χ1n) is 5.29. The van der Waals surface area contributed by atoms with Crippen LogP contribution in [-0.4, -0.2) is 11.6 Å². The number of nitrogen functional groups attached to an aromatic ring is 1. The number of ether oxygens (including phenoxy) is 1. The number of hydrogen-bond donors (Lipinski definition) is 1. The fourth-order valence-corrected chi connectivity index (χ4v) is 2.70. The Labute approximate surface area is 125 Å². The number of alkyl halides is 2. The summed E-state index contributed by atoms with van der Waals surface area (Å²) in [5.74, 6) is -1.49. The minimum absolute atomic E-state index is 0.117. The molecule has 106 valence electrons. The van der Waals surface area contributed by atoms with E-state index in [2.05, 4.69) is 25.7 Å². The van der Waals surface area contributed by atoms with Gasteiger partial charge in [-0.2, -0.15) is 8.78 Å². The molecule has 20 heavy (non-hydrogen) atoms. The molecule has 0 radical (unpaired) electrons. The van der Waals surface area contributed by atoms with E-state index in [0.717, 1.165) is 23.9 Å². The van der Waals surface area contributed by atoms with Crippen LogP contribution < -0.4 is 10.5 Å². The van der Waals surface area contributed by atoms with E-state index < -0.39 is 18.2 Å². The molecule has 0 saturated heterocycles. The zero-order valence-electron chi connectivity index (χ0n) is 9.82. The lowest BCUT2D eigenvalue weighted by Gasteiger charge is -2.10. The summed E-state index contributed by atoms with van der Waals surface area (Å²) in [7, 11) is 0. The maximum Gasteiger partial charge on any atom is 0.387 e. The van der Waals surface area contributed by atoms with Gasteiger partial charge in [-0.05, 0) is 34.1 Å². The highest BCUT2D eigenvalue weighted by Gasteiger charge is 2.15. The molecule has 2 aromatic rings. The minimum Gasteiger partial charge on any atom is -0.432 e. The standard InChI is InChI=1S/C12H8BrF3N2OS/c13-6-2-1-3-18-11(6)20-10-5-9(19-12(15)16)7(14)4-8(10)17/h1-5,12H,17H2. The number of nitrogens with zero attached hydrogens (tertiary/aromatic N) is 1. The smallest absolute Gasteiger partial charge is 0.387 e. The van der Waals surface area contributed by atoms with E-state index in [1.54, 1.807) is 18.3 Å². The van der Waals surface area contributed by atoms with Gasteiger partial charge >= 0.3 is 6.61 Å². The van der Waals surface area contributed by atoms with Crippen molar-refractivity contribution >= 4 is 33.4 Å². The number of anilines is 1.